The van der Waals surface area contributed by atoms with Gasteiger partial charge in [-0.3, -0.25) is 0 Å². The largest absolute Gasteiger partial charge is 0.478 e. The molecule has 1 aromatic rings. The molecule has 0 saturated carbocycles. The normalized spacial score (nSPS) is 11.0. The smallest absolute Gasteiger partial charge is 0.441 e. The fraction of sp³-hybridized carbons (Fsp3) is 0.273. The van der Waals surface area contributed by atoms with Crippen molar-refractivity contribution in [2.75, 3.05) is 17.6 Å². The molecule has 2 amide bonds. The van der Waals surface area contributed by atoms with E-state index in [4.69, 9.17) is 5.11 Å². The number of carboxylic acid groups (broad SMARTS) is 1. The topological polar surface area (TPSA) is 78.4 Å². The summed E-state index contributed by atoms with van der Waals surface area (Å²) in [4.78, 5) is 22.5. The number of anilines is 1. The summed E-state index contributed by atoms with van der Waals surface area (Å²) < 4.78 is 36.0. The van der Waals surface area contributed by atoms with E-state index in [1.807, 2.05) is 0 Å². The van der Waals surface area contributed by atoms with Crippen LogP contribution >= 0.6 is 27.7 Å². The highest BCUT2D eigenvalue weighted by molar-refractivity contribution is 9.10. The van der Waals surface area contributed by atoms with Crippen molar-refractivity contribution in [2.24, 2.45) is 0 Å². The third-order valence-electron chi connectivity index (χ3n) is 2.14. The highest BCUT2D eigenvalue weighted by atomic mass is 79.9. The number of para-hydroxylation sites is 1. The molecule has 3 N–H and O–H groups in total. The van der Waals surface area contributed by atoms with E-state index in [0.29, 0.717) is 4.47 Å². The number of hydrogen-bond acceptors (Lipinski definition) is 3. The Balaban J connectivity index is 2.58. The highest BCUT2D eigenvalue weighted by Crippen LogP contribution is 2.29. The first-order valence-electron chi connectivity index (χ1n) is 5.48. The third kappa shape index (κ3) is 6.25. The Hall–Kier alpha value is -1.42. The number of carboxylic acids is 1. The Morgan fingerprint density at radius 1 is 1.33 bits per heavy atom. The average molecular weight is 387 g/mol. The Morgan fingerprint density at radius 3 is 2.57 bits per heavy atom. The van der Waals surface area contributed by atoms with Gasteiger partial charge in [-0.05, 0) is 39.8 Å². The molecule has 1 rings (SSSR count). The fourth-order valence-corrected chi connectivity index (χ4v) is 2.22. The SMILES string of the molecule is O=C(NCCSC(F)(F)F)Nc1c(Br)cccc1C(=O)O. The second-order valence-electron chi connectivity index (χ2n) is 3.64. The van der Waals surface area contributed by atoms with Gasteiger partial charge in [0.1, 0.15) is 0 Å². The van der Waals surface area contributed by atoms with Crippen molar-refractivity contribution in [1.29, 1.82) is 0 Å². The summed E-state index contributed by atoms with van der Waals surface area (Å²) in [5.74, 6) is -1.57. The number of carbonyl (C=O) groups excluding carboxylic acids is 1. The number of carbonyl (C=O) groups is 2. The molecule has 21 heavy (non-hydrogen) atoms. The molecule has 0 spiro atoms. The molecule has 0 radical (unpaired) electrons. The molecule has 10 heteroatoms. The van der Waals surface area contributed by atoms with Crippen LogP contribution in [0.4, 0.5) is 23.7 Å². The molecule has 0 bridgehead atoms. The van der Waals surface area contributed by atoms with Crippen molar-refractivity contribution in [1.82, 2.24) is 5.32 Å². The lowest BCUT2D eigenvalue weighted by Crippen LogP contribution is -2.31. The number of urea groups is 1. The van der Waals surface area contributed by atoms with Crippen LogP contribution in [0.1, 0.15) is 10.4 Å². The predicted octanol–water partition coefficient (Wildman–Crippen LogP) is 3.52. The standard InChI is InChI=1S/C11H10BrF3N2O3S/c12-7-3-1-2-6(9(18)19)8(7)17-10(20)16-4-5-21-11(13,14)15/h1-3H,4-5H2,(H,18,19)(H2,16,17,20). The lowest BCUT2D eigenvalue weighted by Gasteiger charge is -2.12. The number of benzene rings is 1. The molecule has 0 atom stereocenters. The van der Waals surface area contributed by atoms with Crippen LogP contribution in [0.3, 0.4) is 0 Å². The molecule has 1 aromatic carbocycles. The van der Waals surface area contributed by atoms with E-state index in [1.54, 1.807) is 0 Å². The molecule has 0 aliphatic carbocycles. The molecule has 0 unspecified atom stereocenters. The quantitative estimate of drug-likeness (QED) is 0.676. The third-order valence-corrected chi connectivity index (χ3v) is 3.53. The van der Waals surface area contributed by atoms with E-state index in [0.717, 1.165) is 0 Å². The molecule has 116 valence electrons. The van der Waals surface area contributed by atoms with Gasteiger partial charge >= 0.3 is 17.5 Å². The van der Waals surface area contributed by atoms with E-state index >= 15 is 0 Å². The number of aromatic carboxylic acids is 1. The summed E-state index contributed by atoms with van der Waals surface area (Å²) >= 11 is 2.84. The first-order chi connectivity index (χ1) is 9.70. The van der Waals surface area contributed by atoms with E-state index in [-0.39, 0.29) is 35.3 Å². The molecule has 0 aliphatic rings. The van der Waals surface area contributed by atoms with E-state index in [1.165, 1.54) is 18.2 Å². The number of thioether (sulfide) groups is 1. The van der Waals surface area contributed by atoms with Crippen LogP contribution in [-0.4, -0.2) is 34.9 Å². The summed E-state index contributed by atoms with van der Waals surface area (Å²) in [6, 6.07) is 3.52. The highest BCUT2D eigenvalue weighted by Gasteiger charge is 2.27. The Bertz CT molecular complexity index is 540. The molecular weight excluding hydrogens is 377 g/mol. The van der Waals surface area contributed by atoms with Crippen LogP contribution in [0.15, 0.2) is 22.7 Å². The van der Waals surface area contributed by atoms with Gasteiger partial charge in [0.15, 0.2) is 0 Å². The number of halogens is 4. The van der Waals surface area contributed by atoms with Gasteiger partial charge in [0, 0.05) is 16.8 Å². The minimum Gasteiger partial charge on any atom is -0.478 e. The van der Waals surface area contributed by atoms with Crippen LogP contribution in [0.5, 0.6) is 0 Å². The van der Waals surface area contributed by atoms with E-state index < -0.39 is 17.5 Å². The second-order valence-corrected chi connectivity index (χ2v) is 5.66. The maximum absolute atomic E-state index is 11.9. The summed E-state index contributed by atoms with van der Waals surface area (Å²) in [6.45, 7) is -0.205. The van der Waals surface area contributed by atoms with Gasteiger partial charge in [0.2, 0.25) is 0 Å². The Kier molecular flexibility index (Phi) is 6.34. The van der Waals surface area contributed by atoms with Crippen LogP contribution in [0, 0.1) is 0 Å². The lowest BCUT2D eigenvalue weighted by atomic mass is 10.2. The minimum atomic E-state index is -4.35. The zero-order chi connectivity index (χ0) is 16.0. The molecule has 0 aliphatic heterocycles. The molecular formula is C11H10BrF3N2O3S. The number of alkyl halides is 3. The van der Waals surface area contributed by atoms with Crippen molar-refractivity contribution in [3.63, 3.8) is 0 Å². The van der Waals surface area contributed by atoms with Crippen molar-refractivity contribution in [3.8, 4) is 0 Å². The predicted molar refractivity (Wildman–Crippen MR) is 76.6 cm³/mol. The summed E-state index contributed by atoms with van der Waals surface area (Å²) in [6.07, 6.45) is 0. The molecule has 0 aromatic heterocycles. The van der Waals surface area contributed by atoms with Gasteiger partial charge in [0.25, 0.3) is 0 Å². The van der Waals surface area contributed by atoms with Crippen molar-refractivity contribution in [3.05, 3.63) is 28.2 Å². The number of rotatable bonds is 5. The zero-order valence-corrected chi connectivity index (χ0v) is 12.7. The first-order valence-corrected chi connectivity index (χ1v) is 7.26. The average Bonchev–Trinajstić information content (AvgIpc) is 2.35. The Labute approximate surface area is 130 Å². The number of amides is 2. The van der Waals surface area contributed by atoms with Gasteiger partial charge in [-0.25, -0.2) is 9.59 Å². The Morgan fingerprint density at radius 2 is 2.00 bits per heavy atom. The number of nitrogens with one attached hydrogen (secondary N) is 2. The summed E-state index contributed by atoms with van der Waals surface area (Å²) in [5.41, 5.74) is -4.45. The van der Waals surface area contributed by atoms with E-state index in [9.17, 15) is 22.8 Å². The first kappa shape index (κ1) is 17.6. The summed E-state index contributed by atoms with van der Waals surface area (Å²) in [7, 11) is 0. The minimum absolute atomic E-state index is 0.0333. The zero-order valence-electron chi connectivity index (χ0n) is 10.3. The van der Waals surface area contributed by atoms with Crippen LogP contribution in [0.2, 0.25) is 0 Å². The van der Waals surface area contributed by atoms with Crippen molar-refractivity contribution >= 4 is 45.4 Å². The van der Waals surface area contributed by atoms with Gasteiger partial charge < -0.3 is 15.7 Å². The van der Waals surface area contributed by atoms with Crippen LogP contribution < -0.4 is 10.6 Å². The molecule has 5 nitrogen and oxygen atoms in total. The van der Waals surface area contributed by atoms with E-state index in [2.05, 4.69) is 26.6 Å². The van der Waals surface area contributed by atoms with Crippen molar-refractivity contribution in [2.45, 2.75) is 5.51 Å². The summed E-state index contributed by atoms with van der Waals surface area (Å²) in [5, 5.41) is 13.5. The second kappa shape index (κ2) is 7.55. The van der Waals surface area contributed by atoms with Crippen LogP contribution in [0.25, 0.3) is 0 Å². The van der Waals surface area contributed by atoms with Gasteiger partial charge in [0.05, 0.1) is 11.3 Å². The van der Waals surface area contributed by atoms with Crippen molar-refractivity contribution < 1.29 is 27.9 Å². The van der Waals surface area contributed by atoms with Gasteiger partial charge in [-0.1, -0.05) is 6.07 Å². The maximum Gasteiger partial charge on any atom is 0.441 e. The maximum atomic E-state index is 11.9. The number of hydrogen-bond donors (Lipinski definition) is 3. The molecule has 0 fully saturated rings. The van der Waals surface area contributed by atoms with Gasteiger partial charge in [-0.2, -0.15) is 13.2 Å². The van der Waals surface area contributed by atoms with Gasteiger partial charge in [-0.15, -0.1) is 0 Å². The molecule has 0 saturated heterocycles. The molecule has 0 heterocycles. The lowest BCUT2D eigenvalue weighted by molar-refractivity contribution is -0.0327. The fourth-order valence-electron chi connectivity index (χ4n) is 1.32. The van der Waals surface area contributed by atoms with Crippen LogP contribution in [-0.2, 0) is 0 Å². The monoisotopic (exact) mass is 386 g/mol.